The molecule has 0 aliphatic rings. The Morgan fingerprint density at radius 1 is 1.53 bits per heavy atom. The zero-order valence-corrected chi connectivity index (χ0v) is 9.53. The van der Waals surface area contributed by atoms with E-state index < -0.39 is 5.97 Å². The van der Waals surface area contributed by atoms with Crippen molar-refractivity contribution in [1.29, 1.82) is 0 Å². The third-order valence-corrected chi connectivity index (χ3v) is 2.57. The van der Waals surface area contributed by atoms with Gasteiger partial charge in [0.1, 0.15) is 0 Å². The van der Waals surface area contributed by atoms with Crippen molar-refractivity contribution in [3.8, 4) is 0 Å². The first-order valence-electron chi connectivity index (χ1n) is 5.38. The number of likely N-dealkylation sites (N-methyl/N-ethyl adjacent to an activating group) is 1. The van der Waals surface area contributed by atoms with E-state index >= 15 is 0 Å². The Hall–Kier alpha value is -2.07. The minimum Gasteiger partial charge on any atom is -0.478 e. The summed E-state index contributed by atoms with van der Waals surface area (Å²) in [7, 11) is 1.88. The molecule has 2 aromatic rings. The van der Waals surface area contributed by atoms with Gasteiger partial charge in [0.15, 0.2) is 0 Å². The Kier molecular flexibility index (Phi) is 3.25. The summed E-state index contributed by atoms with van der Waals surface area (Å²) in [5.74, 6) is -0.910. The zero-order chi connectivity index (χ0) is 12.3. The van der Waals surface area contributed by atoms with Gasteiger partial charge in [0.05, 0.1) is 5.56 Å². The van der Waals surface area contributed by atoms with Gasteiger partial charge in [0.2, 0.25) is 0 Å². The quantitative estimate of drug-likeness (QED) is 0.753. The Bertz CT molecular complexity index is 570. The van der Waals surface area contributed by atoms with Crippen LogP contribution in [0.2, 0.25) is 0 Å². The minimum absolute atomic E-state index is 0.309. The summed E-state index contributed by atoms with van der Waals surface area (Å²) < 4.78 is 0. The third-order valence-electron chi connectivity index (χ3n) is 2.57. The number of nitrogens with one attached hydrogen (secondary N) is 2. The minimum atomic E-state index is -0.910. The number of aromatic nitrogens is 1. The number of carbonyl (C=O) groups is 1. The molecular formula is C13H14N2O2. The van der Waals surface area contributed by atoms with E-state index in [4.69, 9.17) is 5.11 Å². The van der Waals surface area contributed by atoms with Crippen LogP contribution in [0.4, 0.5) is 0 Å². The Morgan fingerprint density at radius 3 is 3.06 bits per heavy atom. The maximum Gasteiger partial charge on any atom is 0.337 e. The van der Waals surface area contributed by atoms with Crippen molar-refractivity contribution < 1.29 is 9.90 Å². The van der Waals surface area contributed by atoms with Crippen LogP contribution in [0.1, 0.15) is 15.9 Å². The second-order valence-corrected chi connectivity index (χ2v) is 3.77. The Morgan fingerprint density at radius 2 is 2.35 bits per heavy atom. The normalized spacial score (nSPS) is 11.4. The van der Waals surface area contributed by atoms with Crippen molar-refractivity contribution in [2.75, 3.05) is 13.6 Å². The summed E-state index contributed by atoms with van der Waals surface area (Å²) in [5.41, 5.74) is 2.15. The van der Waals surface area contributed by atoms with Crippen LogP contribution < -0.4 is 5.32 Å². The van der Waals surface area contributed by atoms with Gasteiger partial charge in [-0.1, -0.05) is 18.2 Å². The first-order chi connectivity index (χ1) is 8.22. The van der Waals surface area contributed by atoms with Crippen molar-refractivity contribution >= 4 is 22.9 Å². The highest BCUT2D eigenvalue weighted by Gasteiger charge is 2.09. The molecule has 0 atom stereocenters. The lowest BCUT2D eigenvalue weighted by Crippen LogP contribution is -2.03. The highest BCUT2D eigenvalue weighted by molar-refractivity contribution is 6.03. The van der Waals surface area contributed by atoms with E-state index in [2.05, 4.69) is 10.3 Å². The number of benzene rings is 1. The largest absolute Gasteiger partial charge is 0.478 e. The van der Waals surface area contributed by atoms with E-state index in [1.807, 2.05) is 37.4 Å². The van der Waals surface area contributed by atoms with Crippen LogP contribution in [0.5, 0.6) is 0 Å². The van der Waals surface area contributed by atoms with E-state index in [1.54, 1.807) is 0 Å². The molecule has 1 aromatic carbocycles. The average Bonchev–Trinajstić information content (AvgIpc) is 2.72. The summed E-state index contributed by atoms with van der Waals surface area (Å²) >= 11 is 0. The molecule has 0 spiro atoms. The number of hydrogen-bond acceptors (Lipinski definition) is 2. The molecular weight excluding hydrogens is 216 g/mol. The molecule has 0 unspecified atom stereocenters. The number of aromatic carboxylic acids is 1. The van der Waals surface area contributed by atoms with E-state index in [0.717, 1.165) is 23.0 Å². The van der Waals surface area contributed by atoms with Gasteiger partial charge in [-0.2, -0.15) is 0 Å². The number of rotatable bonds is 4. The average molecular weight is 230 g/mol. The second-order valence-electron chi connectivity index (χ2n) is 3.77. The van der Waals surface area contributed by atoms with Crippen molar-refractivity contribution in [2.45, 2.75) is 0 Å². The maximum atomic E-state index is 11.0. The molecule has 0 saturated heterocycles. The monoisotopic (exact) mass is 230 g/mol. The summed E-state index contributed by atoms with van der Waals surface area (Å²) in [6, 6.07) is 5.72. The van der Waals surface area contributed by atoms with Crippen molar-refractivity contribution in [2.24, 2.45) is 0 Å². The molecule has 3 N–H and O–H groups in total. The number of fused-ring (bicyclic) bond motifs is 1. The highest BCUT2D eigenvalue weighted by atomic mass is 16.4. The van der Waals surface area contributed by atoms with Gasteiger partial charge < -0.3 is 15.4 Å². The van der Waals surface area contributed by atoms with Crippen LogP contribution >= 0.6 is 0 Å². The van der Waals surface area contributed by atoms with Crippen LogP contribution in [0.3, 0.4) is 0 Å². The van der Waals surface area contributed by atoms with Gasteiger partial charge in [0.25, 0.3) is 0 Å². The Balaban J connectivity index is 2.41. The molecule has 0 aliphatic heterocycles. The summed E-state index contributed by atoms with van der Waals surface area (Å²) in [6.45, 7) is 0.789. The Labute approximate surface area is 99.0 Å². The molecule has 17 heavy (non-hydrogen) atoms. The predicted octanol–water partition coefficient (Wildman–Crippen LogP) is 2.10. The van der Waals surface area contributed by atoms with Gasteiger partial charge >= 0.3 is 5.97 Å². The van der Waals surface area contributed by atoms with Crippen molar-refractivity contribution in [3.63, 3.8) is 0 Å². The van der Waals surface area contributed by atoms with E-state index in [1.165, 1.54) is 6.20 Å². The first kappa shape index (κ1) is 11.4. The highest BCUT2D eigenvalue weighted by Crippen LogP contribution is 2.20. The van der Waals surface area contributed by atoms with Gasteiger partial charge in [-0.15, -0.1) is 0 Å². The molecule has 88 valence electrons. The lowest BCUT2D eigenvalue weighted by molar-refractivity contribution is 0.0699. The number of hydrogen-bond donors (Lipinski definition) is 3. The molecule has 1 heterocycles. The lowest BCUT2D eigenvalue weighted by Gasteiger charge is -1.96. The van der Waals surface area contributed by atoms with Crippen LogP contribution in [0.15, 0.2) is 30.5 Å². The standard InChI is InChI=1S/C13H14N2O2/c1-14-6-2-3-9-4-5-12-10(7-9)11(8-15-12)13(16)17/h2-5,7-8,14-15H,6H2,1H3,(H,16,17). The lowest BCUT2D eigenvalue weighted by atomic mass is 10.1. The predicted molar refractivity (Wildman–Crippen MR) is 68.2 cm³/mol. The number of H-pyrrole nitrogens is 1. The second kappa shape index (κ2) is 4.84. The fraction of sp³-hybridized carbons (Fsp3) is 0.154. The van der Waals surface area contributed by atoms with E-state index in [0.29, 0.717) is 5.56 Å². The van der Waals surface area contributed by atoms with Crippen LogP contribution in [-0.4, -0.2) is 29.7 Å². The maximum absolute atomic E-state index is 11.0. The SMILES string of the molecule is CNCC=Cc1ccc2[nH]cc(C(=O)O)c2c1. The molecule has 0 radical (unpaired) electrons. The molecule has 2 rings (SSSR count). The van der Waals surface area contributed by atoms with Gasteiger partial charge in [-0.3, -0.25) is 0 Å². The fourth-order valence-corrected chi connectivity index (χ4v) is 1.73. The number of carboxylic acids is 1. The third kappa shape index (κ3) is 2.37. The van der Waals surface area contributed by atoms with Gasteiger partial charge in [-0.25, -0.2) is 4.79 Å². The molecule has 0 amide bonds. The molecule has 4 nitrogen and oxygen atoms in total. The van der Waals surface area contributed by atoms with Gasteiger partial charge in [-0.05, 0) is 24.7 Å². The first-order valence-corrected chi connectivity index (χ1v) is 5.38. The topological polar surface area (TPSA) is 65.1 Å². The molecule has 0 aliphatic carbocycles. The molecule has 0 bridgehead atoms. The fourth-order valence-electron chi connectivity index (χ4n) is 1.73. The van der Waals surface area contributed by atoms with Crippen LogP contribution in [0, 0.1) is 0 Å². The summed E-state index contributed by atoms with van der Waals surface area (Å²) in [6.07, 6.45) is 5.48. The molecule has 1 aromatic heterocycles. The van der Waals surface area contributed by atoms with Gasteiger partial charge in [0, 0.05) is 23.6 Å². The van der Waals surface area contributed by atoms with Crippen molar-refractivity contribution in [1.82, 2.24) is 10.3 Å². The zero-order valence-electron chi connectivity index (χ0n) is 9.53. The number of aromatic amines is 1. The van der Waals surface area contributed by atoms with Crippen LogP contribution in [-0.2, 0) is 0 Å². The number of carboxylic acid groups (broad SMARTS) is 1. The van der Waals surface area contributed by atoms with Crippen molar-refractivity contribution in [3.05, 3.63) is 41.6 Å². The summed E-state index contributed by atoms with van der Waals surface area (Å²) in [4.78, 5) is 13.9. The van der Waals surface area contributed by atoms with E-state index in [-0.39, 0.29) is 0 Å². The molecule has 0 fully saturated rings. The van der Waals surface area contributed by atoms with Crippen LogP contribution in [0.25, 0.3) is 17.0 Å². The molecule has 4 heteroatoms. The summed E-state index contributed by atoms with van der Waals surface area (Å²) in [5, 5.41) is 12.8. The smallest absolute Gasteiger partial charge is 0.337 e. The van der Waals surface area contributed by atoms with E-state index in [9.17, 15) is 4.79 Å². The molecule has 0 saturated carbocycles.